The molecule has 1 atom stereocenters. The summed E-state index contributed by atoms with van der Waals surface area (Å²) in [6, 6.07) is 7.30. The van der Waals surface area contributed by atoms with Crippen LogP contribution in [0.1, 0.15) is 12.8 Å². The van der Waals surface area contributed by atoms with E-state index in [4.69, 9.17) is 4.74 Å². The summed E-state index contributed by atoms with van der Waals surface area (Å²) >= 11 is 0. The molecule has 0 aromatic heterocycles. The standard InChI is InChI=1S/C16H21N3O3/c1-22-13-6-4-12(5-7-13)19-10-9-18(11-15(19)20)16(21)14-3-2-8-17-14/h4-7,14,17H,2-3,8-11H2,1H3. The molecule has 2 aliphatic rings. The van der Waals surface area contributed by atoms with Crippen molar-refractivity contribution in [3.63, 3.8) is 0 Å². The van der Waals surface area contributed by atoms with Crippen LogP contribution in [0.2, 0.25) is 0 Å². The van der Waals surface area contributed by atoms with Gasteiger partial charge in [0.05, 0.1) is 13.2 Å². The molecule has 0 spiro atoms. The normalized spacial score (nSPS) is 22.0. The molecule has 0 bridgehead atoms. The van der Waals surface area contributed by atoms with Crippen LogP contribution in [0.15, 0.2) is 24.3 Å². The molecule has 22 heavy (non-hydrogen) atoms. The minimum Gasteiger partial charge on any atom is -0.497 e. The number of nitrogens with one attached hydrogen (secondary N) is 1. The molecule has 0 saturated carbocycles. The number of anilines is 1. The number of amides is 2. The topological polar surface area (TPSA) is 61.9 Å². The third-order valence-corrected chi connectivity index (χ3v) is 4.27. The first-order chi connectivity index (χ1) is 10.7. The van der Waals surface area contributed by atoms with Gasteiger partial charge in [-0.05, 0) is 43.7 Å². The van der Waals surface area contributed by atoms with E-state index in [1.807, 2.05) is 24.3 Å². The zero-order chi connectivity index (χ0) is 15.5. The molecule has 0 aliphatic carbocycles. The molecule has 1 aromatic carbocycles. The van der Waals surface area contributed by atoms with Crippen molar-refractivity contribution in [2.45, 2.75) is 18.9 Å². The Hall–Kier alpha value is -2.08. The Morgan fingerprint density at radius 1 is 1.27 bits per heavy atom. The summed E-state index contributed by atoms with van der Waals surface area (Å²) in [5.41, 5.74) is 0.844. The molecule has 1 N–H and O–H groups in total. The SMILES string of the molecule is COc1ccc(N2CCN(C(=O)C3CCCN3)CC2=O)cc1. The smallest absolute Gasteiger partial charge is 0.246 e. The van der Waals surface area contributed by atoms with Crippen LogP contribution < -0.4 is 15.0 Å². The number of methoxy groups -OCH3 is 1. The highest BCUT2D eigenvalue weighted by Crippen LogP contribution is 2.21. The molecule has 6 heteroatoms. The highest BCUT2D eigenvalue weighted by molar-refractivity contribution is 5.98. The van der Waals surface area contributed by atoms with Gasteiger partial charge in [-0.25, -0.2) is 0 Å². The number of ether oxygens (including phenoxy) is 1. The first-order valence-corrected chi connectivity index (χ1v) is 7.65. The minimum absolute atomic E-state index is 0.0391. The fourth-order valence-corrected chi connectivity index (χ4v) is 3.01. The lowest BCUT2D eigenvalue weighted by molar-refractivity contribution is -0.138. The molecular formula is C16H21N3O3. The van der Waals surface area contributed by atoms with Gasteiger partial charge in [0.1, 0.15) is 12.3 Å². The largest absolute Gasteiger partial charge is 0.497 e. The molecule has 3 rings (SSSR count). The lowest BCUT2D eigenvalue weighted by Crippen LogP contribution is -2.55. The van der Waals surface area contributed by atoms with Crippen LogP contribution >= 0.6 is 0 Å². The van der Waals surface area contributed by atoms with Gasteiger partial charge in [-0.2, -0.15) is 0 Å². The zero-order valence-electron chi connectivity index (χ0n) is 12.7. The third-order valence-electron chi connectivity index (χ3n) is 4.27. The maximum absolute atomic E-state index is 12.4. The molecule has 2 saturated heterocycles. The van der Waals surface area contributed by atoms with Crippen LogP contribution in [0.3, 0.4) is 0 Å². The number of nitrogens with zero attached hydrogens (tertiary/aromatic N) is 2. The molecule has 2 heterocycles. The fraction of sp³-hybridized carbons (Fsp3) is 0.500. The summed E-state index contributed by atoms with van der Waals surface area (Å²) in [5.74, 6) is 0.778. The first kappa shape index (κ1) is 14.8. The second-order valence-corrected chi connectivity index (χ2v) is 5.65. The second-order valence-electron chi connectivity index (χ2n) is 5.65. The highest BCUT2D eigenvalue weighted by atomic mass is 16.5. The minimum atomic E-state index is -0.111. The van der Waals surface area contributed by atoms with Gasteiger partial charge in [0, 0.05) is 18.8 Å². The van der Waals surface area contributed by atoms with Crippen LogP contribution in [0.4, 0.5) is 5.69 Å². The maximum atomic E-state index is 12.4. The molecule has 2 fully saturated rings. The van der Waals surface area contributed by atoms with Crippen LogP contribution in [0, 0.1) is 0 Å². The number of carbonyl (C=O) groups is 2. The molecule has 2 amide bonds. The maximum Gasteiger partial charge on any atom is 0.246 e. The number of hydrogen-bond donors (Lipinski definition) is 1. The fourth-order valence-electron chi connectivity index (χ4n) is 3.01. The quantitative estimate of drug-likeness (QED) is 0.889. The van der Waals surface area contributed by atoms with Crippen molar-refractivity contribution in [1.82, 2.24) is 10.2 Å². The summed E-state index contributed by atoms with van der Waals surface area (Å²) in [4.78, 5) is 28.1. The van der Waals surface area contributed by atoms with E-state index in [1.54, 1.807) is 16.9 Å². The summed E-state index contributed by atoms with van der Waals surface area (Å²) < 4.78 is 5.13. The molecular weight excluding hydrogens is 282 g/mol. The van der Waals surface area contributed by atoms with Gasteiger partial charge in [0.15, 0.2) is 0 Å². The number of benzene rings is 1. The zero-order valence-corrected chi connectivity index (χ0v) is 12.7. The average Bonchev–Trinajstić information content (AvgIpc) is 3.09. The summed E-state index contributed by atoms with van der Waals surface area (Å²) in [6.07, 6.45) is 1.89. The van der Waals surface area contributed by atoms with Crippen molar-refractivity contribution in [3.8, 4) is 5.75 Å². The van der Waals surface area contributed by atoms with Crippen LogP contribution in [-0.4, -0.2) is 56.0 Å². The van der Waals surface area contributed by atoms with Crippen molar-refractivity contribution in [3.05, 3.63) is 24.3 Å². The molecule has 0 radical (unpaired) electrons. The lowest BCUT2D eigenvalue weighted by atomic mass is 10.1. The first-order valence-electron chi connectivity index (χ1n) is 7.65. The van der Waals surface area contributed by atoms with Crippen molar-refractivity contribution in [2.75, 3.05) is 38.2 Å². The number of hydrogen-bond acceptors (Lipinski definition) is 4. The molecule has 6 nitrogen and oxygen atoms in total. The van der Waals surface area contributed by atoms with Gasteiger partial charge in [-0.3, -0.25) is 9.59 Å². The van der Waals surface area contributed by atoms with E-state index in [2.05, 4.69) is 5.32 Å². The van der Waals surface area contributed by atoms with E-state index < -0.39 is 0 Å². The van der Waals surface area contributed by atoms with Crippen LogP contribution in [0.25, 0.3) is 0 Å². The molecule has 2 aliphatic heterocycles. The van der Waals surface area contributed by atoms with Gasteiger partial charge in [0.25, 0.3) is 0 Å². The number of carbonyl (C=O) groups excluding carboxylic acids is 2. The van der Waals surface area contributed by atoms with Gasteiger partial charge in [-0.1, -0.05) is 0 Å². The van der Waals surface area contributed by atoms with Crippen molar-refractivity contribution < 1.29 is 14.3 Å². The molecule has 118 valence electrons. The predicted molar refractivity (Wildman–Crippen MR) is 83.0 cm³/mol. The van der Waals surface area contributed by atoms with Gasteiger partial charge >= 0.3 is 0 Å². The van der Waals surface area contributed by atoms with E-state index in [-0.39, 0.29) is 24.4 Å². The Bertz CT molecular complexity index is 552. The summed E-state index contributed by atoms with van der Waals surface area (Å²) in [7, 11) is 1.61. The van der Waals surface area contributed by atoms with Gasteiger partial charge in [-0.15, -0.1) is 0 Å². The summed E-state index contributed by atoms with van der Waals surface area (Å²) in [5, 5.41) is 3.19. The van der Waals surface area contributed by atoms with E-state index in [1.165, 1.54) is 0 Å². The predicted octanol–water partition coefficient (Wildman–Crippen LogP) is 0.622. The summed E-state index contributed by atoms with van der Waals surface area (Å²) in [6.45, 7) is 2.15. The number of rotatable bonds is 3. The third kappa shape index (κ3) is 2.92. The van der Waals surface area contributed by atoms with Crippen LogP contribution in [-0.2, 0) is 9.59 Å². The van der Waals surface area contributed by atoms with Crippen molar-refractivity contribution in [1.29, 1.82) is 0 Å². The Labute approximate surface area is 130 Å². The monoisotopic (exact) mass is 303 g/mol. The van der Waals surface area contributed by atoms with E-state index >= 15 is 0 Å². The van der Waals surface area contributed by atoms with E-state index in [0.717, 1.165) is 30.8 Å². The Kier molecular flexibility index (Phi) is 4.29. The molecule has 1 unspecified atom stereocenters. The van der Waals surface area contributed by atoms with Gasteiger partial charge in [0.2, 0.25) is 11.8 Å². The van der Waals surface area contributed by atoms with E-state index in [9.17, 15) is 9.59 Å². The highest BCUT2D eigenvalue weighted by Gasteiger charge is 2.32. The Morgan fingerprint density at radius 3 is 2.64 bits per heavy atom. The van der Waals surface area contributed by atoms with E-state index in [0.29, 0.717) is 13.1 Å². The van der Waals surface area contributed by atoms with Crippen molar-refractivity contribution >= 4 is 17.5 Å². The Morgan fingerprint density at radius 2 is 2.05 bits per heavy atom. The average molecular weight is 303 g/mol. The van der Waals surface area contributed by atoms with Crippen molar-refractivity contribution in [2.24, 2.45) is 0 Å². The number of piperazine rings is 1. The van der Waals surface area contributed by atoms with Crippen LogP contribution in [0.5, 0.6) is 5.75 Å². The van der Waals surface area contributed by atoms with Gasteiger partial charge < -0.3 is 19.9 Å². The lowest BCUT2D eigenvalue weighted by Gasteiger charge is -2.35. The Balaban J connectivity index is 1.64. The molecule has 1 aromatic rings. The second kappa shape index (κ2) is 6.36.